The third kappa shape index (κ3) is 4.78. The molecule has 0 heterocycles. The van der Waals surface area contributed by atoms with E-state index >= 15 is 0 Å². The number of ether oxygens (including phenoxy) is 1. The minimum absolute atomic E-state index is 0.834. The third-order valence-electron chi connectivity index (χ3n) is 3.29. The van der Waals surface area contributed by atoms with Gasteiger partial charge in [-0.05, 0) is 31.9 Å². The fourth-order valence-electron chi connectivity index (χ4n) is 2.04. The van der Waals surface area contributed by atoms with Crippen molar-refractivity contribution in [2.75, 3.05) is 26.2 Å². The lowest BCUT2D eigenvalue weighted by Gasteiger charge is -2.15. The minimum Gasteiger partial charge on any atom is -0.493 e. The summed E-state index contributed by atoms with van der Waals surface area (Å²) in [5.41, 5.74) is 1.31. The van der Waals surface area contributed by atoms with E-state index in [-0.39, 0.29) is 0 Å². The highest BCUT2D eigenvalue weighted by atomic mass is 16.5. The van der Waals surface area contributed by atoms with Gasteiger partial charge in [-0.1, -0.05) is 25.1 Å². The molecular weight excluding hydrogens is 210 g/mol. The van der Waals surface area contributed by atoms with E-state index in [0.29, 0.717) is 0 Å². The Morgan fingerprint density at radius 3 is 2.41 bits per heavy atom. The van der Waals surface area contributed by atoms with E-state index in [1.165, 1.54) is 25.2 Å². The number of rotatable bonds is 8. The number of hydrogen-bond acceptors (Lipinski definition) is 1. The van der Waals surface area contributed by atoms with Gasteiger partial charge in [0.2, 0.25) is 0 Å². The average molecular weight is 236 g/mol. The lowest BCUT2D eigenvalue weighted by molar-refractivity contribution is -0.896. The number of nitrogens with one attached hydrogen (secondary N) is 1. The van der Waals surface area contributed by atoms with Crippen LogP contribution in [0.3, 0.4) is 0 Å². The van der Waals surface area contributed by atoms with Crippen molar-refractivity contribution in [2.45, 2.75) is 33.6 Å². The predicted molar refractivity (Wildman–Crippen MR) is 72.8 cm³/mol. The number of quaternary nitrogens is 1. The van der Waals surface area contributed by atoms with Crippen molar-refractivity contribution in [3.05, 3.63) is 29.8 Å². The van der Waals surface area contributed by atoms with Gasteiger partial charge in [0, 0.05) is 6.42 Å². The van der Waals surface area contributed by atoms with Gasteiger partial charge >= 0.3 is 0 Å². The van der Waals surface area contributed by atoms with Gasteiger partial charge < -0.3 is 9.64 Å². The van der Waals surface area contributed by atoms with Crippen LogP contribution in [0.15, 0.2) is 24.3 Å². The molecule has 0 fully saturated rings. The third-order valence-corrected chi connectivity index (χ3v) is 3.29. The van der Waals surface area contributed by atoms with Crippen LogP contribution in [0.5, 0.6) is 5.75 Å². The molecule has 1 rings (SSSR count). The lowest BCUT2D eigenvalue weighted by atomic mass is 10.1. The molecule has 2 nitrogen and oxygen atoms in total. The van der Waals surface area contributed by atoms with E-state index in [2.05, 4.69) is 39.0 Å². The molecule has 0 spiro atoms. The molecule has 1 aromatic carbocycles. The van der Waals surface area contributed by atoms with Crippen LogP contribution in [0.1, 0.15) is 32.8 Å². The van der Waals surface area contributed by atoms with Crippen molar-refractivity contribution in [1.82, 2.24) is 0 Å². The molecule has 0 unspecified atom stereocenters. The Bertz CT molecular complexity index is 308. The molecule has 1 N–H and O–H groups in total. The summed E-state index contributed by atoms with van der Waals surface area (Å²) in [4.78, 5) is 1.65. The highest BCUT2D eigenvalue weighted by molar-refractivity contribution is 5.33. The van der Waals surface area contributed by atoms with Crippen LogP contribution >= 0.6 is 0 Å². The largest absolute Gasteiger partial charge is 0.493 e. The second kappa shape index (κ2) is 8.13. The van der Waals surface area contributed by atoms with E-state index in [1.807, 2.05) is 6.07 Å². The van der Waals surface area contributed by atoms with Crippen LogP contribution in [0.25, 0.3) is 0 Å². The zero-order chi connectivity index (χ0) is 12.5. The molecule has 17 heavy (non-hydrogen) atoms. The first-order valence-electron chi connectivity index (χ1n) is 6.86. The van der Waals surface area contributed by atoms with Gasteiger partial charge in [0.05, 0.1) is 26.2 Å². The zero-order valence-corrected chi connectivity index (χ0v) is 11.5. The monoisotopic (exact) mass is 236 g/mol. The number of benzene rings is 1. The summed E-state index contributed by atoms with van der Waals surface area (Å²) >= 11 is 0. The molecule has 0 bridgehead atoms. The van der Waals surface area contributed by atoms with Gasteiger partial charge in [0.1, 0.15) is 5.75 Å². The fraction of sp³-hybridized carbons (Fsp3) is 0.600. The normalized spacial score (nSPS) is 10.8. The summed E-state index contributed by atoms with van der Waals surface area (Å²) in [6, 6.07) is 8.34. The van der Waals surface area contributed by atoms with Crippen molar-refractivity contribution in [2.24, 2.45) is 0 Å². The van der Waals surface area contributed by atoms with Crippen molar-refractivity contribution in [3.63, 3.8) is 0 Å². The minimum atomic E-state index is 0.834. The van der Waals surface area contributed by atoms with Crippen molar-refractivity contribution < 1.29 is 9.64 Å². The quantitative estimate of drug-likeness (QED) is 0.681. The Balaban J connectivity index is 2.30. The van der Waals surface area contributed by atoms with Gasteiger partial charge in [-0.3, -0.25) is 0 Å². The van der Waals surface area contributed by atoms with Crippen molar-refractivity contribution >= 4 is 0 Å². The van der Waals surface area contributed by atoms with Gasteiger partial charge in [-0.2, -0.15) is 0 Å². The summed E-state index contributed by atoms with van der Waals surface area (Å²) in [6.07, 6.45) is 2.17. The fourth-order valence-corrected chi connectivity index (χ4v) is 2.04. The van der Waals surface area contributed by atoms with E-state index in [0.717, 1.165) is 25.2 Å². The maximum absolute atomic E-state index is 5.85. The molecule has 0 saturated carbocycles. The van der Waals surface area contributed by atoms with Crippen molar-refractivity contribution in [3.8, 4) is 5.75 Å². The van der Waals surface area contributed by atoms with Crippen LogP contribution in [-0.2, 0) is 6.42 Å². The standard InChI is InChI=1S/C15H25NO/c1-4-14-10-7-8-11-15(14)17-13-9-12-16(5-2)6-3/h7-8,10-11H,4-6,9,12-13H2,1-3H3/p+1. The second-order valence-corrected chi connectivity index (χ2v) is 4.37. The Hall–Kier alpha value is -1.02. The summed E-state index contributed by atoms with van der Waals surface area (Å²) in [5.74, 6) is 1.06. The molecule has 0 radical (unpaired) electrons. The summed E-state index contributed by atoms with van der Waals surface area (Å²) in [7, 11) is 0. The summed E-state index contributed by atoms with van der Waals surface area (Å²) < 4.78 is 5.85. The average Bonchev–Trinajstić information content (AvgIpc) is 2.39. The second-order valence-electron chi connectivity index (χ2n) is 4.37. The number of aryl methyl sites for hydroxylation is 1. The summed E-state index contributed by atoms with van der Waals surface area (Å²) in [6.45, 7) is 11.1. The van der Waals surface area contributed by atoms with Gasteiger partial charge in [-0.25, -0.2) is 0 Å². The molecule has 0 amide bonds. The molecule has 0 aliphatic rings. The topological polar surface area (TPSA) is 13.7 Å². The van der Waals surface area contributed by atoms with Crippen LogP contribution in [-0.4, -0.2) is 26.2 Å². The van der Waals surface area contributed by atoms with Gasteiger partial charge in [0.15, 0.2) is 0 Å². The molecule has 0 aromatic heterocycles. The highest BCUT2D eigenvalue weighted by Gasteiger charge is 2.03. The van der Waals surface area contributed by atoms with E-state index in [4.69, 9.17) is 4.74 Å². The lowest BCUT2D eigenvalue weighted by Crippen LogP contribution is -3.11. The first-order valence-corrected chi connectivity index (χ1v) is 6.86. The maximum atomic E-state index is 5.85. The molecule has 2 heteroatoms. The molecule has 96 valence electrons. The first-order chi connectivity index (χ1) is 8.31. The predicted octanol–water partition coefficient (Wildman–Crippen LogP) is 1.94. The smallest absolute Gasteiger partial charge is 0.122 e. The number of para-hydroxylation sites is 1. The van der Waals surface area contributed by atoms with Crippen molar-refractivity contribution in [1.29, 1.82) is 0 Å². The zero-order valence-electron chi connectivity index (χ0n) is 11.5. The van der Waals surface area contributed by atoms with E-state index < -0.39 is 0 Å². The molecule has 0 saturated heterocycles. The molecular formula is C15H26NO+. The molecule has 1 aromatic rings. The van der Waals surface area contributed by atoms with Crippen LogP contribution in [0.4, 0.5) is 0 Å². The Morgan fingerprint density at radius 2 is 1.76 bits per heavy atom. The van der Waals surface area contributed by atoms with Gasteiger partial charge in [-0.15, -0.1) is 0 Å². The maximum Gasteiger partial charge on any atom is 0.122 e. The SMILES string of the molecule is CCc1ccccc1OCCC[NH+](CC)CC. The number of hydrogen-bond donors (Lipinski definition) is 1. The van der Waals surface area contributed by atoms with E-state index in [9.17, 15) is 0 Å². The Morgan fingerprint density at radius 1 is 1.06 bits per heavy atom. The van der Waals surface area contributed by atoms with E-state index in [1.54, 1.807) is 4.90 Å². The summed E-state index contributed by atoms with van der Waals surface area (Å²) in [5, 5.41) is 0. The molecule has 0 aliphatic heterocycles. The Labute approximate surface area is 106 Å². The Kier molecular flexibility index (Phi) is 6.71. The highest BCUT2D eigenvalue weighted by Crippen LogP contribution is 2.18. The van der Waals surface area contributed by atoms with Gasteiger partial charge in [0.25, 0.3) is 0 Å². The van der Waals surface area contributed by atoms with Crippen LogP contribution in [0.2, 0.25) is 0 Å². The first kappa shape index (κ1) is 14.0. The molecule has 0 atom stereocenters. The molecule has 0 aliphatic carbocycles. The van der Waals surface area contributed by atoms with Crippen LogP contribution in [0, 0.1) is 0 Å². The van der Waals surface area contributed by atoms with Crippen LogP contribution < -0.4 is 9.64 Å².